The minimum atomic E-state index is -0.159. The van der Waals surface area contributed by atoms with Crippen molar-refractivity contribution in [2.45, 2.75) is 0 Å². The number of Topliss-reactive ketones (excluding diaryl/α,β-unsaturated/α-hetero) is 1. The van der Waals surface area contributed by atoms with Gasteiger partial charge in [-0.25, -0.2) is 0 Å². The number of phenolic OH excluding ortho intramolecular Hbond substituents is 1. The molecule has 21 heavy (non-hydrogen) atoms. The van der Waals surface area contributed by atoms with Crippen molar-refractivity contribution in [1.29, 1.82) is 0 Å². The number of methoxy groups -OCH3 is 1. The van der Waals surface area contributed by atoms with E-state index in [1.165, 1.54) is 7.11 Å². The summed E-state index contributed by atoms with van der Waals surface area (Å²) in [6, 6.07) is 10.4. The minimum absolute atomic E-state index is 0.0154. The summed E-state index contributed by atoms with van der Waals surface area (Å²) in [5.41, 5.74) is 1.24. The number of ether oxygens (including phenoxy) is 2. The van der Waals surface area contributed by atoms with Gasteiger partial charge in [-0.15, -0.1) is 0 Å². The van der Waals surface area contributed by atoms with E-state index >= 15 is 0 Å². The molecule has 2 aromatic rings. The number of carbonyl (C=O) groups is 1. The molecule has 1 heterocycles. The minimum Gasteiger partial charge on any atom is -0.503 e. The number of benzene rings is 2. The van der Waals surface area contributed by atoms with Crippen LogP contribution in [0, 0.1) is 0 Å². The predicted octanol–water partition coefficient (Wildman–Crippen LogP) is 3.78. The Bertz CT molecular complexity index is 765. The SMILES string of the molecule is COc1cc(/C=C2\Oc3ccccc3C2=O)cc(Br)c1O. The Balaban J connectivity index is 2.01. The van der Waals surface area contributed by atoms with Crippen LogP contribution in [0.5, 0.6) is 17.2 Å². The van der Waals surface area contributed by atoms with Crippen LogP contribution in [0.15, 0.2) is 46.6 Å². The number of ketones is 1. The number of halogens is 1. The van der Waals surface area contributed by atoms with Gasteiger partial charge >= 0.3 is 0 Å². The average molecular weight is 347 g/mol. The first-order valence-corrected chi connectivity index (χ1v) is 6.99. The van der Waals surface area contributed by atoms with E-state index in [1.54, 1.807) is 36.4 Å². The monoisotopic (exact) mass is 346 g/mol. The van der Waals surface area contributed by atoms with Gasteiger partial charge in [0.15, 0.2) is 17.3 Å². The van der Waals surface area contributed by atoms with E-state index in [-0.39, 0.29) is 17.3 Å². The molecule has 0 fully saturated rings. The second-order valence-corrected chi connectivity index (χ2v) is 5.34. The smallest absolute Gasteiger partial charge is 0.231 e. The van der Waals surface area contributed by atoms with Crippen LogP contribution in [0.4, 0.5) is 0 Å². The van der Waals surface area contributed by atoms with E-state index in [2.05, 4.69) is 15.9 Å². The van der Waals surface area contributed by atoms with Gasteiger partial charge in [-0.1, -0.05) is 12.1 Å². The Hall–Kier alpha value is -2.27. The molecule has 1 aliphatic rings. The Kier molecular flexibility index (Phi) is 3.43. The summed E-state index contributed by atoms with van der Waals surface area (Å²) in [7, 11) is 1.46. The molecule has 2 aromatic carbocycles. The third kappa shape index (κ3) is 2.40. The van der Waals surface area contributed by atoms with Crippen molar-refractivity contribution < 1.29 is 19.4 Å². The number of aromatic hydroxyl groups is 1. The van der Waals surface area contributed by atoms with Crippen LogP contribution >= 0.6 is 15.9 Å². The lowest BCUT2D eigenvalue weighted by molar-refractivity contribution is 0.101. The molecule has 0 saturated carbocycles. The molecule has 0 saturated heterocycles. The van der Waals surface area contributed by atoms with Crippen molar-refractivity contribution in [1.82, 2.24) is 0 Å². The van der Waals surface area contributed by atoms with Gasteiger partial charge in [0.25, 0.3) is 0 Å². The van der Waals surface area contributed by atoms with Crippen LogP contribution < -0.4 is 9.47 Å². The predicted molar refractivity (Wildman–Crippen MR) is 81.7 cm³/mol. The molecule has 0 bridgehead atoms. The third-order valence-electron chi connectivity index (χ3n) is 3.14. The van der Waals surface area contributed by atoms with Gasteiger partial charge in [-0.05, 0) is 51.8 Å². The van der Waals surface area contributed by atoms with Gasteiger partial charge < -0.3 is 14.6 Å². The fraction of sp³-hybridized carbons (Fsp3) is 0.0625. The number of phenols is 1. The zero-order valence-corrected chi connectivity index (χ0v) is 12.7. The van der Waals surface area contributed by atoms with E-state index in [0.717, 1.165) is 0 Å². The number of fused-ring (bicyclic) bond motifs is 1. The number of hydrogen-bond donors (Lipinski definition) is 1. The highest BCUT2D eigenvalue weighted by Gasteiger charge is 2.26. The number of para-hydroxylation sites is 1. The van der Waals surface area contributed by atoms with E-state index in [0.29, 0.717) is 27.1 Å². The van der Waals surface area contributed by atoms with Gasteiger partial charge in [0.2, 0.25) is 5.78 Å². The van der Waals surface area contributed by atoms with Gasteiger partial charge in [0.1, 0.15) is 5.75 Å². The molecule has 0 radical (unpaired) electrons. The third-order valence-corrected chi connectivity index (χ3v) is 3.75. The Morgan fingerprint density at radius 3 is 2.76 bits per heavy atom. The maximum atomic E-state index is 12.2. The maximum absolute atomic E-state index is 12.2. The lowest BCUT2D eigenvalue weighted by atomic mass is 10.1. The van der Waals surface area contributed by atoms with E-state index in [1.807, 2.05) is 6.07 Å². The Morgan fingerprint density at radius 1 is 1.29 bits per heavy atom. The van der Waals surface area contributed by atoms with Gasteiger partial charge in [0, 0.05) is 0 Å². The highest BCUT2D eigenvalue weighted by Crippen LogP contribution is 2.37. The van der Waals surface area contributed by atoms with Crippen molar-refractivity contribution in [3.63, 3.8) is 0 Å². The first-order valence-electron chi connectivity index (χ1n) is 6.20. The van der Waals surface area contributed by atoms with E-state index in [4.69, 9.17) is 9.47 Å². The fourth-order valence-electron chi connectivity index (χ4n) is 2.12. The summed E-state index contributed by atoms with van der Waals surface area (Å²) in [6.45, 7) is 0. The molecule has 0 aliphatic carbocycles. The molecule has 3 rings (SSSR count). The van der Waals surface area contributed by atoms with Crippen LogP contribution in [0.1, 0.15) is 15.9 Å². The number of allylic oxidation sites excluding steroid dienone is 1. The molecule has 106 valence electrons. The van der Waals surface area contributed by atoms with Crippen LogP contribution in [0.25, 0.3) is 6.08 Å². The zero-order valence-electron chi connectivity index (χ0n) is 11.1. The molecule has 4 nitrogen and oxygen atoms in total. The molecule has 0 aromatic heterocycles. The largest absolute Gasteiger partial charge is 0.503 e. The van der Waals surface area contributed by atoms with Crippen molar-refractivity contribution in [2.75, 3.05) is 7.11 Å². The van der Waals surface area contributed by atoms with Crippen molar-refractivity contribution in [3.8, 4) is 17.2 Å². The van der Waals surface area contributed by atoms with Crippen molar-refractivity contribution in [2.24, 2.45) is 0 Å². The van der Waals surface area contributed by atoms with E-state index in [9.17, 15) is 9.90 Å². The summed E-state index contributed by atoms with van der Waals surface area (Å²) in [5, 5.41) is 9.79. The summed E-state index contributed by atoms with van der Waals surface area (Å²) in [6.07, 6.45) is 1.62. The van der Waals surface area contributed by atoms with Crippen LogP contribution in [-0.4, -0.2) is 18.0 Å². The van der Waals surface area contributed by atoms with Crippen molar-refractivity contribution >= 4 is 27.8 Å². The van der Waals surface area contributed by atoms with Crippen molar-refractivity contribution in [3.05, 3.63) is 57.8 Å². The molecular formula is C16H11BrO4. The Labute approximate surface area is 129 Å². The second kappa shape index (κ2) is 5.26. The van der Waals surface area contributed by atoms with Gasteiger partial charge in [0.05, 0.1) is 17.1 Å². The first kappa shape index (κ1) is 13.7. The van der Waals surface area contributed by atoms with E-state index < -0.39 is 0 Å². The molecule has 1 N–H and O–H groups in total. The Morgan fingerprint density at radius 2 is 2.05 bits per heavy atom. The molecule has 1 aliphatic heterocycles. The topological polar surface area (TPSA) is 55.8 Å². The normalized spacial score (nSPS) is 15.0. The fourth-order valence-corrected chi connectivity index (χ4v) is 2.58. The van der Waals surface area contributed by atoms with Gasteiger partial charge in [-0.3, -0.25) is 4.79 Å². The molecule has 0 amide bonds. The number of hydrogen-bond acceptors (Lipinski definition) is 4. The standard InChI is InChI=1S/C16H11BrO4/c1-20-13-7-9(6-11(17)16(13)19)8-14-15(18)10-4-2-3-5-12(10)21-14/h2-8,19H,1H3/b14-8-. The second-order valence-electron chi connectivity index (χ2n) is 4.49. The molecule has 0 spiro atoms. The molecular weight excluding hydrogens is 336 g/mol. The summed E-state index contributed by atoms with van der Waals surface area (Å²) < 4.78 is 11.1. The lowest BCUT2D eigenvalue weighted by Gasteiger charge is -2.07. The first-order chi connectivity index (χ1) is 10.1. The summed E-state index contributed by atoms with van der Waals surface area (Å²) in [4.78, 5) is 12.2. The molecule has 0 atom stereocenters. The van der Waals surface area contributed by atoms with Gasteiger partial charge in [-0.2, -0.15) is 0 Å². The highest BCUT2D eigenvalue weighted by molar-refractivity contribution is 9.10. The highest BCUT2D eigenvalue weighted by atomic mass is 79.9. The lowest BCUT2D eigenvalue weighted by Crippen LogP contribution is -1.98. The summed E-state index contributed by atoms with van der Waals surface area (Å²) in [5.74, 6) is 0.976. The maximum Gasteiger partial charge on any atom is 0.231 e. The molecule has 5 heteroatoms. The molecule has 0 unspecified atom stereocenters. The van der Waals surface area contributed by atoms with Crippen LogP contribution in [0.2, 0.25) is 0 Å². The zero-order chi connectivity index (χ0) is 15.0. The quantitative estimate of drug-likeness (QED) is 0.840. The number of rotatable bonds is 2. The number of carbonyl (C=O) groups excluding carboxylic acids is 1. The average Bonchev–Trinajstić information content (AvgIpc) is 2.79. The van der Waals surface area contributed by atoms with Crippen LogP contribution in [0.3, 0.4) is 0 Å². The van der Waals surface area contributed by atoms with Crippen LogP contribution in [-0.2, 0) is 0 Å². The summed E-state index contributed by atoms with van der Waals surface area (Å²) >= 11 is 3.25.